The van der Waals surface area contributed by atoms with Crippen LogP contribution in [0.25, 0.3) is 10.2 Å². The van der Waals surface area contributed by atoms with Crippen LogP contribution in [0, 0.1) is 19.7 Å². The van der Waals surface area contributed by atoms with Crippen LogP contribution in [0.3, 0.4) is 0 Å². The van der Waals surface area contributed by atoms with Gasteiger partial charge in [0.15, 0.2) is 5.82 Å². The summed E-state index contributed by atoms with van der Waals surface area (Å²) in [5, 5.41) is 0.716. The molecule has 0 amide bonds. The third-order valence-electron chi connectivity index (χ3n) is 5.68. The van der Waals surface area contributed by atoms with Gasteiger partial charge < -0.3 is 14.8 Å². The quantitative estimate of drug-likeness (QED) is 0.725. The molecule has 7 heteroatoms. The van der Waals surface area contributed by atoms with Gasteiger partial charge in [-0.15, -0.1) is 11.3 Å². The molecule has 0 saturated carbocycles. The summed E-state index contributed by atoms with van der Waals surface area (Å²) in [7, 11) is 0. The van der Waals surface area contributed by atoms with Crippen LogP contribution < -0.4 is 15.4 Å². The second-order valence-electron chi connectivity index (χ2n) is 7.23. The van der Waals surface area contributed by atoms with Crippen molar-refractivity contribution >= 4 is 27.2 Å². The van der Waals surface area contributed by atoms with Gasteiger partial charge in [-0.3, -0.25) is 4.79 Å². The average molecular weight is 388 g/mol. The lowest BCUT2D eigenvalue weighted by molar-refractivity contribution is -0.930. The van der Waals surface area contributed by atoms with Crippen LogP contribution in [0.2, 0.25) is 0 Å². The van der Waals surface area contributed by atoms with E-state index in [1.54, 1.807) is 17.4 Å². The van der Waals surface area contributed by atoms with Gasteiger partial charge in [-0.05, 0) is 38.5 Å². The van der Waals surface area contributed by atoms with Crippen LogP contribution in [0.4, 0.5) is 10.1 Å². The summed E-state index contributed by atoms with van der Waals surface area (Å²) in [6, 6.07) is 7.01. The minimum atomic E-state index is -0.172. The maximum Gasteiger partial charge on any atom is 0.260 e. The number of thiophene rings is 1. The third-order valence-corrected chi connectivity index (χ3v) is 6.78. The zero-order valence-electron chi connectivity index (χ0n) is 15.8. The zero-order chi connectivity index (χ0) is 19.1. The van der Waals surface area contributed by atoms with Crippen molar-refractivity contribution < 1.29 is 9.29 Å². The van der Waals surface area contributed by atoms with E-state index in [0.717, 1.165) is 47.3 Å². The molecule has 142 valence electrons. The highest BCUT2D eigenvalue weighted by molar-refractivity contribution is 7.18. The van der Waals surface area contributed by atoms with Crippen LogP contribution >= 0.6 is 11.3 Å². The van der Waals surface area contributed by atoms with Crippen molar-refractivity contribution in [1.29, 1.82) is 0 Å². The van der Waals surface area contributed by atoms with E-state index in [1.807, 2.05) is 26.0 Å². The molecule has 1 atom stereocenters. The summed E-state index contributed by atoms with van der Waals surface area (Å²) in [6.45, 7) is 9.42. The molecular formula is C20H24FN4OS+. The minimum absolute atomic E-state index is 0.0481. The number of nitrogens with one attached hydrogen (secondary N) is 2. The average Bonchev–Trinajstić information content (AvgIpc) is 2.96. The third kappa shape index (κ3) is 3.26. The van der Waals surface area contributed by atoms with Gasteiger partial charge in [0.1, 0.15) is 16.7 Å². The number of hydrogen-bond acceptors (Lipinski definition) is 4. The van der Waals surface area contributed by atoms with E-state index in [4.69, 9.17) is 4.98 Å². The molecule has 1 aliphatic heterocycles. The number of hydrogen-bond donors (Lipinski definition) is 2. The molecule has 1 aromatic carbocycles. The number of fused-ring (bicyclic) bond motifs is 1. The van der Waals surface area contributed by atoms with Crippen molar-refractivity contribution in [1.82, 2.24) is 9.97 Å². The molecule has 0 spiro atoms. The Morgan fingerprint density at radius 1 is 1.26 bits per heavy atom. The maximum atomic E-state index is 14.0. The van der Waals surface area contributed by atoms with E-state index in [0.29, 0.717) is 11.1 Å². The van der Waals surface area contributed by atoms with Gasteiger partial charge in [-0.25, -0.2) is 9.37 Å². The molecule has 1 saturated heterocycles. The number of quaternary nitrogens is 1. The minimum Gasteiger partial charge on any atom is -0.358 e. The number of aromatic amines is 1. The number of halogens is 1. The lowest BCUT2D eigenvalue weighted by Gasteiger charge is -2.36. The number of nitrogens with zero attached hydrogens (tertiary/aromatic N) is 2. The Balaban J connectivity index is 1.53. The van der Waals surface area contributed by atoms with E-state index in [2.05, 4.69) is 16.8 Å². The summed E-state index contributed by atoms with van der Waals surface area (Å²) in [5.41, 5.74) is 1.64. The standard InChI is InChI=1S/C20H23FN4OS/c1-12-14(3)27-20-17(12)19(26)22-18(23-20)13(2)24-8-10-25(11-9-24)16-7-5-4-6-15(16)21/h4-7,13H,8-11H2,1-3H3,(H,22,23,26)/p+1/t13-/m1/s1. The van der Waals surface area contributed by atoms with Crippen LogP contribution in [-0.2, 0) is 0 Å². The summed E-state index contributed by atoms with van der Waals surface area (Å²) in [6.07, 6.45) is 0. The second kappa shape index (κ2) is 7.05. The molecule has 0 unspecified atom stereocenters. The molecule has 4 rings (SSSR count). The largest absolute Gasteiger partial charge is 0.358 e. The molecule has 2 N–H and O–H groups in total. The van der Waals surface area contributed by atoms with E-state index in [1.165, 1.54) is 11.0 Å². The molecule has 3 aromatic rings. The lowest BCUT2D eigenvalue weighted by atomic mass is 10.2. The van der Waals surface area contributed by atoms with Gasteiger partial charge in [-0.1, -0.05) is 12.1 Å². The van der Waals surface area contributed by atoms with Crippen LogP contribution in [-0.4, -0.2) is 36.1 Å². The van der Waals surface area contributed by atoms with Crippen LogP contribution in [0.1, 0.15) is 29.2 Å². The molecule has 27 heavy (non-hydrogen) atoms. The molecule has 1 fully saturated rings. The van der Waals surface area contributed by atoms with Crippen molar-refractivity contribution in [3.05, 3.63) is 56.7 Å². The van der Waals surface area contributed by atoms with Gasteiger partial charge in [0.2, 0.25) is 0 Å². The summed E-state index contributed by atoms with van der Waals surface area (Å²) >= 11 is 1.58. The zero-order valence-corrected chi connectivity index (χ0v) is 16.6. The predicted octanol–water partition coefficient (Wildman–Crippen LogP) is 2.21. The Kier molecular flexibility index (Phi) is 4.74. The Bertz CT molecular complexity index is 1040. The van der Waals surface area contributed by atoms with Crippen molar-refractivity contribution in [2.45, 2.75) is 26.8 Å². The van der Waals surface area contributed by atoms with Gasteiger partial charge in [-0.2, -0.15) is 0 Å². The highest BCUT2D eigenvalue weighted by atomic mass is 32.1. The highest BCUT2D eigenvalue weighted by Gasteiger charge is 2.28. The molecule has 3 heterocycles. The first-order valence-electron chi connectivity index (χ1n) is 9.29. The maximum absolute atomic E-state index is 14.0. The number of anilines is 1. The smallest absolute Gasteiger partial charge is 0.260 e. The second-order valence-corrected chi connectivity index (χ2v) is 8.44. The van der Waals surface area contributed by atoms with E-state index in [-0.39, 0.29) is 17.4 Å². The SMILES string of the molecule is Cc1sc2nc([C@@H](C)[NH+]3CCN(c4ccccc4F)CC3)[nH]c(=O)c2c1C. The van der Waals surface area contributed by atoms with Gasteiger partial charge in [0.05, 0.1) is 37.3 Å². The Morgan fingerprint density at radius 3 is 2.67 bits per heavy atom. The highest BCUT2D eigenvalue weighted by Crippen LogP contribution is 2.26. The van der Waals surface area contributed by atoms with Gasteiger partial charge in [0.25, 0.3) is 5.56 Å². The van der Waals surface area contributed by atoms with Crippen molar-refractivity contribution in [3.8, 4) is 0 Å². The number of aromatic nitrogens is 2. The number of benzene rings is 1. The first-order valence-corrected chi connectivity index (χ1v) is 10.1. The number of aryl methyl sites for hydroxylation is 2. The normalized spacial score (nSPS) is 16.8. The number of H-pyrrole nitrogens is 1. The summed E-state index contributed by atoms with van der Waals surface area (Å²) < 4.78 is 14.0. The van der Waals surface area contributed by atoms with Crippen molar-refractivity contribution in [2.24, 2.45) is 0 Å². The Labute approximate surface area is 161 Å². The summed E-state index contributed by atoms with van der Waals surface area (Å²) in [4.78, 5) is 25.7. The number of piperazine rings is 1. The fraction of sp³-hybridized carbons (Fsp3) is 0.400. The van der Waals surface area contributed by atoms with E-state index >= 15 is 0 Å². The predicted molar refractivity (Wildman–Crippen MR) is 107 cm³/mol. The monoisotopic (exact) mass is 387 g/mol. The van der Waals surface area contributed by atoms with Gasteiger partial charge >= 0.3 is 0 Å². The molecular weight excluding hydrogens is 363 g/mol. The topological polar surface area (TPSA) is 53.4 Å². The number of rotatable bonds is 3. The molecule has 5 nitrogen and oxygen atoms in total. The number of para-hydroxylation sites is 1. The fourth-order valence-electron chi connectivity index (χ4n) is 3.85. The fourth-order valence-corrected chi connectivity index (χ4v) is 4.88. The van der Waals surface area contributed by atoms with Crippen LogP contribution in [0.5, 0.6) is 0 Å². The Morgan fingerprint density at radius 2 is 1.96 bits per heavy atom. The van der Waals surface area contributed by atoms with Gasteiger partial charge in [0, 0.05) is 4.88 Å². The summed E-state index contributed by atoms with van der Waals surface area (Å²) in [5.74, 6) is 0.567. The molecule has 2 aromatic heterocycles. The molecule has 0 radical (unpaired) electrons. The molecule has 0 bridgehead atoms. The first kappa shape index (κ1) is 18.1. The molecule has 0 aliphatic carbocycles. The lowest BCUT2D eigenvalue weighted by Crippen LogP contribution is -3.14. The van der Waals surface area contributed by atoms with Crippen LogP contribution in [0.15, 0.2) is 29.1 Å². The van der Waals surface area contributed by atoms with E-state index < -0.39 is 0 Å². The van der Waals surface area contributed by atoms with Crippen molar-refractivity contribution in [3.63, 3.8) is 0 Å². The van der Waals surface area contributed by atoms with E-state index in [9.17, 15) is 9.18 Å². The van der Waals surface area contributed by atoms with Crippen molar-refractivity contribution in [2.75, 3.05) is 31.1 Å². The first-order chi connectivity index (χ1) is 13.0. The Hall–Kier alpha value is -2.25. The molecule has 1 aliphatic rings.